The number of methoxy groups -OCH3 is 1. The van der Waals surface area contributed by atoms with E-state index in [1.807, 2.05) is 0 Å². The van der Waals surface area contributed by atoms with E-state index in [4.69, 9.17) is 21.7 Å². The minimum absolute atomic E-state index is 0.0239. The summed E-state index contributed by atoms with van der Waals surface area (Å²) in [6.07, 6.45) is 1.97. The van der Waals surface area contributed by atoms with Crippen molar-refractivity contribution in [3.8, 4) is 11.5 Å². The van der Waals surface area contributed by atoms with E-state index < -0.39 is 11.8 Å². The first-order chi connectivity index (χ1) is 13.5. The van der Waals surface area contributed by atoms with Crippen LogP contribution in [0.4, 0.5) is 0 Å². The second-order valence-electron chi connectivity index (χ2n) is 5.82. The van der Waals surface area contributed by atoms with Crippen LogP contribution in [0, 0.1) is 0 Å². The Balaban J connectivity index is 1.84. The summed E-state index contributed by atoms with van der Waals surface area (Å²) in [6, 6.07) is 13.4. The molecular weight excluding hydrogens is 378 g/mol. The quantitative estimate of drug-likeness (QED) is 0.376. The molecule has 2 aromatic rings. The van der Waals surface area contributed by atoms with E-state index in [-0.39, 0.29) is 5.11 Å². The summed E-state index contributed by atoms with van der Waals surface area (Å²) in [5.74, 6) is 0.462. The molecule has 0 aliphatic rings. The van der Waals surface area contributed by atoms with Gasteiger partial charge in [0.05, 0.1) is 13.7 Å². The molecular formula is C20H23N3O4S. The summed E-state index contributed by atoms with van der Waals surface area (Å²) < 4.78 is 10.6. The fraction of sp³-hybridized carbons (Fsp3) is 0.250. The van der Waals surface area contributed by atoms with Crippen molar-refractivity contribution in [3.63, 3.8) is 0 Å². The van der Waals surface area contributed by atoms with Crippen molar-refractivity contribution >= 4 is 29.1 Å². The number of carbonyl (C=O) groups is 2. The van der Waals surface area contributed by atoms with E-state index in [0.29, 0.717) is 29.2 Å². The third kappa shape index (κ3) is 6.55. The summed E-state index contributed by atoms with van der Waals surface area (Å²) in [5, 5.41) is 2.48. The molecule has 0 aliphatic carbocycles. The third-order valence-electron chi connectivity index (χ3n) is 3.73. The number of hydrogen-bond acceptors (Lipinski definition) is 5. The molecule has 148 valence electrons. The van der Waals surface area contributed by atoms with Crippen LogP contribution >= 0.6 is 12.2 Å². The zero-order chi connectivity index (χ0) is 20.4. The topological polar surface area (TPSA) is 88.7 Å². The Bertz CT molecular complexity index is 824. The number of unbranched alkanes of at least 4 members (excludes halogenated alkanes) is 1. The van der Waals surface area contributed by atoms with Crippen LogP contribution in [0.15, 0.2) is 48.5 Å². The van der Waals surface area contributed by atoms with Crippen LogP contribution in [-0.2, 0) is 0 Å². The molecule has 0 unspecified atom stereocenters. The first kappa shape index (κ1) is 21.2. The molecule has 0 bridgehead atoms. The number of benzene rings is 2. The van der Waals surface area contributed by atoms with Gasteiger partial charge >= 0.3 is 0 Å². The van der Waals surface area contributed by atoms with Crippen LogP contribution in [-0.4, -0.2) is 30.6 Å². The number of amides is 2. The number of nitrogens with one attached hydrogen (secondary N) is 3. The number of carbonyl (C=O) groups excluding carboxylic acids is 2. The number of hydrogen-bond donors (Lipinski definition) is 3. The molecule has 0 aromatic heterocycles. The van der Waals surface area contributed by atoms with Gasteiger partial charge in [-0.3, -0.25) is 25.8 Å². The van der Waals surface area contributed by atoms with Crippen molar-refractivity contribution in [3.05, 3.63) is 59.7 Å². The molecule has 7 nitrogen and oxygen atoms in total. The van der Waals surface area contributed by atoms with Crippen LogP contribution in [0.1, 0.15) is 40.5 Å². The Kier molecular flexibility index (Phi) is 8.23. The summed E-state index contributed by atoms with van der Waals surface area (Å²) in [5.41, 5.74) is 5.75. The molecule has 0 radical (unpaired) electrons. The normalized spacial score (nSPS) is 9.93. The first-order valence-corrected chi connectivity index (χ1v) is 9.23. The molecule has 0 heterocycles. The van der Waals surface area contributed by atoms with Crippen LogP contribution in [0.5, 0.6) is 11.5 Å². The third-order valence-corrected chi connectivity index (χ3v) is 3.94. The standard InChI is InChI=1S/C20H23N3O4S/c1-3-4-12-27-17-7-5-6-15(13-17)18(24)21-20(28)23-22-19(25)14-8-10-16(26-2)11-9-14/h5-11,13H,3-4,12H2,1-2H3,(H,22,25)(H2,21,23,24,28). The van der Waals surface area contributed by atoms with Gasteiger partial charge in [-0.25, -0.2) is 0 Å². The molecule has 0 saturated carbocycles. The van der Waals surface area contributed by atoms with Crippen molar-refractivity contribution in [2.45, 2.75) is 19.8 Å². The molecule has 0 saturated heterocycles. The van der Waals surface area contributed by atoms with Gasteiger partial charge in [0, 0.05) is 11.1 Å². The van der Waals surface area contributed by atoms with Crippen molar-refractivity contribution in [2.24, 2.45) is 0 Å². The highest BCUT2D eigenvalue weighted by molar-refractivity contribution is 7.80. The van der Waals surface area contributed by atoms with Gasteiger partial charge in [-0.05, 0) is 61.1 Å². The molecule has 2 rings (SSSR count). The number of rotatable bonds is 7. The fourth-order valence-corrected chi connectivity index (χ4v) is 2.34. The van der Waals surface area contributed by atoms with Crippen LogP contribution < -0.4 is 25.6 Å². The predicted octanol–water partition coefficient (Wildman–Crippen LogP) is 2.82. The maximum Gasteiger partial charge on any atom is 0.269 e. The van der Waals surface area contributed by atoms with Crippen molar-refractivity contribution in [1.29, 1.82) is 0 Å². The minimum atomic E-state index is -0.405. The Labute approximate surface area is 169 Å². The van der Waals surface area contributed by atoms with E-state index in [1.54, 1.807) is 55.6 Å². The second-order valence-corrected chi connectivity index (χ2v) is 6.23. The van der Waals surface area contributed by atoms with E-state index in [9.17, 15) is 9.59 Å². The van der Waals surface area contributed by atoms with Crippen molar-refractivity contribution < 1.29 is 19.1 Å². The summed E-state index contributed by atoms with van der Waals surface area (Å²) >= 11 is 5.05. The lowest BCUT2D eigenvalue weighted by molar-refractivity contribution is 0.0934. The molecule has 2 aromatic carbocycles. The SMILES string of the molecule is CCCCOc1cccc(C(=O)NC(=S)NNC(=O)c2ccc(OC)cc2)c1. The van der Waals surface area contributed by atoms with Gasteiger partial charge in [0.25, 0.3) is 11.8 Å². The molecule has 2 amide bonds. The van der Waals surface area contributed by atoms with Crippen LogP contribution in [0.2, 0.25) is 0 Å². The van der Waals surface area contributed by atoms with E-state index in [1.165, 1.54) is 0 Å². The predicted molar refractivity (Wildman–Crippen MR) is 111 cm³/mol. The maximum atomic E-state index is 12.3. The molecule has 3 N–H and O–H groups in total. The average molecular weight is 401 g/mol. The van der Waals surface area contributed by atoms with Gasteiger partial charge in [0.15, 0.2) is 5.11 Å². The number of ether oxygens (including phenoxy) is 2. The molecule has 0 fully saturated rings. The van der Waals surface area contributed by atoms with Gasteiger partial charge in [-0.1, -0.05) is 19.4 Å². The van der Waals surface area contributed by atoms with Gasteiger partial charge < -0.3 is 9.47 Å². The monoisotopic (exact) mass is 401 g/mol. The fourth-order valence-electron chi connectivity index (χ4n) is 2.20. The van der Waals surface area contributed by atoms with Gasteiger partial charge in [0.2, 0.25) is 0 Å². The maximum absolute atomic E-state index is 12.3. The first-order valence-electron chi connectivity index (χ1n) is 8.82. The van der Waals surface area contributed by atoms with Crippen molar-refractivity contribution in [1.82, 2.24) is 16.2 Å². The molecule has 8 heteroatoms. The Morgan fingerprint density at radius 1 is 0.964 bits per heavy atom. The average Bonchev–Trinajstić information content (AvgIpc) is 2.72. The van der Waals surface area contributed by atoms with E-state index in [0.717, 1.165) is 12.8 Å². The van der Waals surface area contributed by atoms with Crippen LogP contribution in [0.3, 0.4) is 0 Å². The zero-order valence-corrected chi connectivity index (χ0v) is 16.6. The minimum Gasteiger partial charge on any atom is -0.497 e. The Morgan fingerprint density at radius 2 is 1.71 bits per heavy atom. The molecule has 0 aliphatic heterocycles. The summed E-state index contributed by atoms with van der Waals surface area (Å²) in [7, 11) is 1.55. The zero-order valence-electron chi connectivity index (χ0n) is 15.8. The van der Waals surface area contributed by atoms with E-state index >= 15 is 0 Å². The smallest absolute Gasteiger partial charge is 0.269 e. The van der Waals surface area contributed by atoms with E-state index in [2.05, 4.69) is 23.1 Å². The van der Waals surface area contributed by atoms with Crippen LogP contribution in [0.25, 0.3) is 0 Å². The lowest BCUT2D eigenvalue weighted by Gasteiger charge is -2.12. The highest BCUT2D eigenvalue weighted by Crippen LogP contribution is 2.14. The van der Waals surface area contributed by atoms with Gasteiger partial charge in [0.1, 0.15) is 11.5 Å². The summed E-state index contributed by atoms with van der Waals surface area (Å²) in [4.78, 5) is 24.4. The Morgan fingerprint density at radius 3 is 2.39 bits per heavy atom. The van der Waals surface area contributed by atoms with Gasteiger partial charge in [-0.2, -0.15) is 0 Å². The van der Waals surface area contributed by atoms with Gasteiger partial charge in [-0.15, -0.1) is 0 Å². The lowest BCUT2D eigenvalue weighted by atomic mass is 10.2. The summed E-state index contributed by atoms with van der Waals surface area (Å²) in [6.45, 7) is 2.67. The highest BCUT2D eigenvalue weighted by atomic mass is 32.1. The Hall–Kier alpha value is -3.13. The molecule has 28 heavy (non-hydrogen) atoms. The van der Waals surface area contributed by atoms with Crippen molar-refractivity contribution in [2.75, 3.05) is 13.7 Å². The number of thiocarbonyl (C=S) groups is 1. The largest absolute Gasteiger partial charge is 0.497 e. The molecule has 0 spiro atoms. The lowest BCUT2D eigenvalue weighted by Crippen LogP contribution is -2.48. The number of hydrazine groups is 1. The highest BCUT2D eigenvalue weighted by Gasteiger charge is 2.10. The molecule has 0 atom stereocenters. The second kappa shape index (κ2) is 10.9.